The molecule has 2 aromatic heterocycles. The average molecular weight is 192 g/mol. The molecule has 0 amide bonds. The summed E-state index contributed by atoms with van der Waals surface area (Å²) in [5, 5.41) is 0. The van der Waals surface area contributed by atoms with Gasteiger partial charge in [-0.3, -0.25) is 0 Å². The summed E-state index contributed by atoms with van der Waals surface area (Å²) in [4.78, 5) is 24.7. The number of nitrogens with zero attached hydrogens (tertiary/aromatic N) is 2. The lowest BCUT2D eigenvalue weighted by Gasteiger charge is -2.08. The Morgan fingerprint density at radius 3 is 3.07 bits per heavy atom. The van der Waals surface area contributed by atoms with Crippen molar-refractivity contribution in [3.8, 4) is 0 Å². The molecule has 0 saturated carbocycles. The van der Waals surface area contributed by atoms with Crippen molar-refractivity contribution < 1.29 is 0 Å². The van der Waals surface area contributed by atoms with E-state index in [-0.39, 0.29) is 5.69 Å². The molecule has 0 radical (unpaired) electrons. The molecule has 0 aliphatic heterocycles. The van der Waals surface area contributed by atoms with Crippen LogP contribution in [0.15, 0.2) is 11.1 Å². The van der Waals surface area contributed by atoms with E-state index < -0.39 is 0 Å². The Hall–Kier alpha value is -1.65. The number of aromatic nitrogens is 4. The molecule has 74 valence electrons. The monoisotopic (exact) mass is 192 g/mol. The number of H-pyrrole nitrogens is 2. The van der Waals surface area contributed by atoms with E-state index in [1.54, 1.807) is 6.33 Å². The van der Waals surface area contributed by atoms with Gasteiger partial charge in [0.1, 0.15) is 5.52 Å². The highest BCUT2D eigenvalue weighted by Crippen LogP contribution is 2.20. The fraction of sp³-hybridized carbons (Fsp3) is 0.444. The molecule has 2 aromatic rings. The Morgan fingerprint density at radius 1 is 1.57 bits per heavy atom. The molecule has 0 saturated heterocycles. The molecule has 2 heterocycles. The van der Waals surface area contributed by atoms with Crippen molar-refractivity contribution >= 4 is 11.2 Å². The Labute approximate surface area is 80.6 Å². The van der Waals surface area contributed by atoms with Crippen LogP contribution in [-0.4, -0.2) is 19.9 Å². The molecule has 0 spiro atoms. The molecule has 1 unspecified atom stereocenters. The van der Waals surface area contributed by atoms with Crippen LogP contribution in [0.25, 0.3) is 11.2 Å². The maximum atomic E-state index is 11.2. The first-order valence-corrected chi connectivity index (χ1v) is 4.65. The van der Waals surface area contributed by atoms with Crippen molar-refractivity contribution in [3.63, 3.8) is 0 Å². The third-order valence-corrected chi connectivity index (χ3v) is 2.44. The Morgan fingerprint density at radius 2 is 2.36 bits per heavy atom. The fourth-order valence-corrected chi connectivity index (χ4v) is 1.45. The molecular formula is C9H12N4O. The van der Waals surface area contributed by atoms with E-state index in [0.29, 0.717) is 11.6 Å². The predicted octanol–water partition coefficient (Wildman–Crippen LogP) is 1.16. The first-order chi connectivity index (χ1) is 6.72. The van der Waals surface area contributed by atoms with Crippen LogP contribution in [0.2, 0.25) is 0 Å². The molecule has 1 atom stereocenters. The van der Waals surface area contributed by atoms with Gasteiger partial charge in [0.15, 0.2) is 5.65 Å². The Bertz CT molecular complexity index is 499. The summed E-state index contributed by atoms with van der Waals surface area (Å²) in [5.74, 6) is 0.300. The van der Waals surface area contributed by atoms with Gasteiger partial charge in [-0.1, -0.05) is 13.8 Å². The summed E-state index contributed by atoms with van der Waals surface area (Å²) in [6, 6.07) is 0. The lowest BCUT2D eigenvalue weighted by Crippen LogP contribution is -2.14. The van der Waals surface area contributed by atoms with E-state index in [0.717, 1.165) is 17.6 Å². The van der Waals surface area contributed by atoms with Gasteiger partial charge in [-0.25, -0.2) is 9.78 Å². The second-order valence-electron chi connectivity index (χ2n) is 3.37. The van der Waals surface area contributed by atoms with Crippen LogP contribution < -0.4 is 5.69 Å². The molecule has 5 nitrogen and oxygen atoms in total. The minimum absolute atomic E-state index is 0.300. The van der Waals surface area contributed by atoms with Crippen molar-refractivity contribution in [2.24, 2.45) is 0 Å². The number of fused-ring (bicyclic) bond motifs is 1. The smallest absolute Gasteiger partial charge is 0.342 e. The van der Waals surface area contributed by atoms with E-state index in [9.17, 15) is 4.79 Å². The molecule has 0 bridgehead atoms. The highest BCUT2D eigenvalue weighted by Gasteiger charge is 2.11. The number of nitrogens with one attached hydrogen (secondary N) is 2. The van der Waals surface area contributed by atoms with Gasteiger partial charge in [0.05, 0.1) is 6.33 Å². The third-order valence-electron chi connectivity index (χ3n) is 2.44. The zero-order valence-electron chi connectivity index (χ0n) is 8.16. The van der Waals surface area contributed by atoms with Gasteiger partial charge >= 0.3 is 5.69 Å². The highest BCUT2D eigenvalue weighted by molar-refractivity contribution is 5.72. The normalized spacial score (nSPS) is 13.3. The lowest BCUT2D eigenvalue weighted by atomic mass is 10.0. The second-order valence-corrected chi connectivity index (χ2v) is 3.37. The van der Waals surface area contributed by atoms with Crippen LogP contribution in [0.1, 0.15) is 31.9 Å². The Balaban J connectivity index is 2.72. The van der Waals surface area contributed by atoms with Crippen molar-refractivity contribution in [2.75, 3.05) is 0 Å². The van der Waals surface area contributed by atoms with Gasteiger partial charge < -0.3 is 9.97 Å². The maximum absolute atomic E-state index is 11.2. The van der Waals surface area contributed by atoms with Crippen LogP contribution in [0.5, 0.6) is 0 Å². The highest BCUT2D eigenvalue weighted by atomic mass is 16.1. The van der Waals surface area contributed by atoms with E-state index in [1.807, 2.05) is 0 Å². The van der Waals surface area contributed by atoms with Crippen LogP contribution in [-0.2, 0) is 0 Å². The third kappa shape index (κ3) is 1.30. The van der Waals surface area contributed by atoms with E-state index in [4.69, 9.17) is 0 Å². The van der Waals surface area contributed by atoms with Gasteiger partial charge in [-0.05, 0) is 12.3 Å². The van der Waals surface area contributed by atoms with Crippen LogP contribution in [0, 0.1) is 0 Å². The molecule has 14 heavy (non-hydrogen) atoms. The van der Waals surface area contributed by atoms with Crippen molar-refractivity contribution in [3.05, 3.63) is 22.5 Å². The number of hydrogen-bond acceptors (Lipinski definition) is 3. The van der Waals surface area contributed by atoms with Crippen LogP contribution in [0.4, 0.5) is 0 Å². The maximum Gasteiger partial charge on any atom is 0.347 e. The number of imidazole rings is 1. The zero-order chi connectivity index (χ0) is 10.1. The Kier molecular flexibility index (Phi) is 2.07. The molecule has 0 aliphatic rings. The second kappa shape index (κ2) is 3.25. The SMILES string of the molecule is CCC(C)c1[nH]c(=O)nc2nc[nH]c12. The first-order valence-electron chi connectivity index (χ1n) is 4.65. The molecule has 0 aliphatic carbocycles. The van der Waals surface area contributed by atoms with Gasteiger partial charge in [0, 0.05) is 5.69 Å². The first kappa shape index (κ1) is 8.93. The van der Waals surface area contributed by atoms with Gasteiger partial charge in [0.2, 0.25) is 0 Å². The van der Waals surface area contributed by atoms with Crippen LogP contribution >= 0.6 is 0 Å². The predicted molar refractivity (Wildman–Crippen MR) is 53.2 cm³/mol. The van der Waals surface area contributed by atoms with E-state index in [2.05, 4.69) is 33.8 Å². The molecule has 2 N–H and O–H groups in total. The molecule has 0 aromatic carbocycles. The quantitative estimate of drug-likeness (QED) is 0.749. The molecular weight excluding hydrogens is 180 g/mol. The topological polar surface area (TPSA) is 74.4 Å². The largest absolute Gasteiger partial charge is 0.347 e. The van der Waals surface area contributed by atoms with Gasteiger partial charge in [0.25, 0.3) is 0 Å². The van der Waals surface area contributed by atoms with E-state index >= 15 is 0 Å². The molecule has 0 fully saturated rings. The summed E-state index contributed by atoms with van der Waals surface area (Å²) in [5.41, 5.74) is 1.88. The summed E-state index contributed by atoms with van der Waals surface area (Å²) in [6.07, 6.45) is 2.52. The van der Waals surface area contributed by atoms with Crippen molar-refractivity contribution in [1.82, 2.24) is 19.9 Å². The minimum Gasteiger partial charge on any atom is -0.342 e. The minimum atomic E-state index is -0.333. The molecule has 5 heteroatoms. The summed E-state index contributed by atoms with van der Waals surface area (Å²) < 4.78 is 0. The van der Waals surface area contributed by atoms with Gasteiger partial charge in [-0.15, -0.1) is 0 Å². The number of aromatic amines is 2. The lowest BCUT2D eigenvalue weighted by molar-refractivity contribution is 0.707. The van der Waals surface area contributed by atoms with E-state index in [1.165, 1.54) is 0 Å². The van der Waals surface area contributed by atoms with Crippen molar-refractivity contribution in [1.29, 1.82) is 0 Å². The fourth-order valence-electron chi connectivity index (χ4n) is 1.45. The summed E-state index contributed by atoms with van der Waals surface area (Å²) in [7, 11) is 0. The average Bonchev–Trinajstić information content (AvgIpc) is 2.62. The van der Waals surface area contributed by atoms with Crippen molar-refractivity contribution in [2.45, 2.75) is 26.2 Å². The number of rotatable bonds is 2. The number of hydrogen-bond donors (Lipinski definition) is 2. The van der Waals surface area contributed by atoms with Crippen LogP contribution in [0.3, 0.4) is 0 Å². The molecule has 2 rings (SSSR count). The summed E-state index contributed by atoms with van der Waals surface area (Å²) in [6.45, 7) is 4.14. The zero-order valence-corrected chi connectivity index (χ0v) is 8.16. The van der Waals surface area contributed by atoms with Gasteiger partial charge in [-0.2, -0.15) is 4.98 Å². The standard InChI is InChI=1S/C9H12N4O/c1-3-5(2)6-7-8(11-4-10-7)13-9(14)12-6/h4-5H,3H2,1-2H3,(H2,10,11,12,13,14). The summed E-state index contributed by atoms with van der Waals surface area (Å²) >= 11 is 0.